The van der Waals surface area contributed by atoms with Crippen LogP contribution < -0.4 is 71.6 Å². The molecule has 0 fully saturated rings. The van der Waals surface area contributed by atoms with Gasteiger partial charge in [-0.05, 0) is 77.4 Å². The number of aliphatic carboxylic acids is 1. The first-order valence-corrected chi connectivity index (χ1v) is 19.1. The van der Waals surface area contributed by atoms with E-state index in [1.165, 1.54) is 20.8 Å². The number of carbonyl (C=O) groups excluding carboxylic acids is 5. The topological polar surface area (TPSA) is 433 Å². The minimum Gasteiger partial charge on any atom is -0.480 e. The molecule has 0 aromatic carbocycles. The molecule has 0 spiro atoms. The molecule has 0 aliphatic rings. The van der Waals surface area contributed by atoms with Gasteiger partial charge in [-0.15, -0.1) is 0 Å². The standard InChI is InChI=1S/C29H62N13O11P/c1-15(2)21(27(48)49)42-26(47)20(14-53-54(50,51)52)41-25(46)17(8-4-5-11-30)39-24(45)19(10-7-13-37-29(34)35)40-23(44)18(38-22(43)16(3)31)9-6-12-36-28(32)33/h15-21,28-29,36-37,50-52H,4-14,30-35H2,1-3H3,(H5-,38,39,40,41,42,43,44,45,46,47,48,49)/p+1/t16-,17-,18-,19-,20-,21-/m0/s1. The first kappa shape index (κ1) is 50.8. The van der Waals surface area contributed by atoms with Crippen LogP contribution in [0.2, 0.25) is 0 Å². The van der Waals surface area contributed by atoms with Crippen LogP contribution in [0.15, 0.2) is 0 Å². The van der Waals surface area contributed by atoms with Gasteiger partial charge in [0.25, 0.3) is 0 Å². The lowest BCUT2D eigenvalue weighted by molar-refractivity contribution is -0.144. The summed E-state index contributed by atoms with van der Waals surface area (Å²) in [5.41, 5.74) is 33.4. The summed E-state index contributed by atoms with van der Waals surface area (Å²) in [5, 5.41) is 27.3. The molecule has 0 aromatic heterocycles. The van der Waals surface area contributed by atoms with Gasteiger partial charge < -0.3 is 66.1 Å². The van der Waals surface area contributed by atoms with Crippen LogP contribution in [-0.4, -0.2) is 130 Å². The highest BCUT2D eigenvalue weighted by molar-refractivity contribution is 7.53. The predicted molar refractivity (Wildman–Crippen MR) is 197 cm³/mol. The van der Waals surface area contributed by atoms with E-state index in [2.05, 4.69) is 41.7 Å². The van der Waals surface area contributed by atoms with Gasteiger partial charge in [0.2, 0.25) is 29.5 Å². The first-order valence-electron chi connectivity index (χ1n) is 17.5. The van der Waals surface area contributed by atoms with Crippen molar-refractivity contribution < 1.29 is 53.1 Å². The molecule has 0 aromatic rings. The zero-order chi connectivity index (χ0) is 41.6. The zero-order valence-corrected chi connectivity index (χ0v) is 31.9. The van der Waals surface area contributed by atoms with Crippen molar-refractivity contribution in [3.63, 3.8) is 0 Å². The van der Waals surface area contributed by atoms with E-state index >= 15 is 0 Å². The monoisotopic (exact) mass is 800 g/mol. The molecule has 314 valence electrons. The second-order valence-electron chi connectivity index (χ2n) is 12.9. The van der Waals surface area contributed by atoms with E-state index in [4.69, 9.17) is 34.4 Å². The Hall–Kier alpha value is -3.23. The second-order valence-corrected chi connectivity index (χ2v) is 14.2. The smallest absolute Gasteiger partial charge is 0.480 e. The maximum absolute atomic E-state index is 13.8. The Labute approximate surface area is 315 Å². The highest BCUT2D eigenvalue weighted by Gasteiger charge is 2.38. The van der Waals surface area contributed by atoms with Crippen molar-refractivity contribution in [2.45, 2.75) is 115 Å². The molecule has 25 heteroatoms. The predicted octanol–water partition coefficient (Wildman–Crippen LogP) is -6.56. The van der Waals surface area contributed by atoms with Crippen LogP contribution in [0.4, 0.5) is 0 Å². The van der Waals surface area contributed by atoms with E-state index in [0.29, 0.717) is 25.8 Å². The van der Waals surface area contributed by atoms with Gasteiger partial charge in [-0.25, -0.2) is 4.79 Å². The molecule has 0 unspecified atom stereocenters. The van der Waals surface area contributed by atoms with Crippen molar-refractivity contribution in [1.29, 1.82) is 0 Å². The second kappa shape index (κ2) is 26.6. The number of carboxylic acid groups (broad SMARTS) is 1. The quantitative estimate of drug-likeness (QED) is 0.0190. The van der Waals surface area contributed by atoms with E-state index < -0.39 is 105 Å². The number of hydrogen-bond acceptors (Lipinski definition) is 18. The maximum atomic E-state index is 13.8. The summed E-state index contributed by atoms with van der Waals surface area (Å²) in [5.74, 6) is -6.30. The van der Waals surface area contributed by atoms with Crippen molar-refractivity contribution >= 4 is 43.7 Å². The van der Waals surface area contributed by atoms with Crippen LogP contribution in [0.25, 0.3) is 0 Å². The molecule has 6 atom stereocenters. The summed E-state index contributed by atoms with van der Waals surface area (Å²) in [6, 6.07) is -7.98. The Morgan fingerprint density at radius 1 is 0.593 bits per heavy atom. The summed E-state index contributed by atoms with van der Waals surface area (Å²) >= 11 is 0. The minimum absolute atomic E-state index is 0.00803. The molecule has 0 rings (SSSR count). The Bertz CT molecular complexity index is 1180. The first-order chi connectivity index (χ1) is 25.1. The lowest BCUT2D eigenvalue weighted by Crippen LogP contribution is -2.60. The molecule has 5 amide bonds. The number of amides is 5. The third-order valence-corrected chi connectivity index (χ3v) is 8.13. The molecule has 0 aliphatic heterocycles. The van der Waals surface area contributed by atoms with Gasteiger partial charge in [-0.3, -0.25) is 34.6 Å². The molecule has 0 saturated heterocycles. The summed E-state index contributed by atoms with van der Waals surface area (Å²) in [7, 11) is -4.92. The lowest BCUT2D eigenvalue weighted by Gasteiger charge is -2.27. The van der Waals surface area contributed by atoms with Gasteiger partial charge in [0.15, 0.2) is 0 Å². The third kappa shape index (κ3) is 22.9. The van der Waals surface area contributed by atoms with Gasteiger partial charge in [0.1, 0.15) is 49.4 Å². The van der Waals surface area contributed by atoms with Gasteiger partial charge in [0.05, 0.1) is 6.04 Å². The van der Waals surface area contributed by atoms with Crippen LogP contribution in [0.1, 0.15) is 65.7 Å². The number of hydrogen-bond donors (Lipinski definition) is 17. The summed E-state index contributed by atoms with van der Waals surface area (Å²) in [4.78, 5) is 106. The van der Waals surface area contributed by atoms with Gasteiger partial charge in [-0.1, -0.05) is 13.8 Å². The molecular weight excluding hydrogens is 737 g/mol. The van der Waals surface area contributed by atoms with Crippen molar-refractivity contribution in [3.05, 3.63) is 0 Å². The molecule has 0 radical (unpaired) electrons. The summed E-state index contributed by atoms with van der Waals surface area (Å²) in [6.45, 7) is 4.19. The fourth-order valence-electron chi connectivity index (χ4n) is 4.69. The zero-order valence-electron chi connectivity index (χ0n) is 31.0. The maximum Gasteiger partial charge on any atom is 0.567 e. The molecule has 0 bridgehead atoms. The Kier molecular flexibility index (Phi) is 25.0. The van der Waals surface area contributed by atoms with Crippen LogP contribution in [0.5, 0.6) is 0 Å². The molecule has 0 heterocycles. The Morgan fingerprint density at radius 3 is 1.33 bits per heavy atom. The summed E-state index contributed by atoms with van der Waals surface area (Å²) < 4.78 is 4.57. The molecule has 54 heavy (non-hydrogen) atoms. The lowest BCUT2D eigenvalue weighted by atomic mass is 10.0. The van der Waals surface area contributed by atoms with E-state index in [9.17, 15) is 48.6 Å². The highest BCUT2D eigenvalue weighted by atomic mass is 31.2. The van der Waals surface area contributed by atoms with Gasteiger partial charge >= 0.3 is 14.1 Å². The van der Waals surface area contributed by atoms with E-state index in [0.717, 1.165) is 0 Å². The van der Waals surface area contributed by atoms with E-state index in [1.807, 2.05) is 0 Å². The SMILES string of the molecule is CC(C)[C@H](NC(=O)[C@H](CO[P+](O)(O)O)NC(=O)[C@H](CCCCN)NC(=O)[C@H](CCCNC(N)N)NC(=O)[C@H](CCCNC(N)N)NC(=O)[C@H](C)N)C(=O)O. The Balaban J connectivity index is 6.40. The fraction of sp³-hybridized carbons (Fsp3) is 0.793. The Morgan fingerprint density at radius 2 is 0.981 bits per heavy atom. The number of carboxylic acids is 1. The average Bonchev–Trinajstić information content (AvgIpc) is 3.06. The summed E-state index contributed by atoms with van der Waals surface area (Å²) in [6.07, 6.45) is -0.333. The minimum atomic E-state index is -4.92. The average molecular weight is 801 g/mol. The van der Waals surface area contributed by atoms with Crippen molar-refractivity contribution in [2.24, 2.45) is 40.3 Å². The number of rotatable bonds is 29. The van der Waals surface area contributed by atoms with E-state index in [-0.39, 0.29) is 38.8 Å². The normalized spacial score (nSPS) is 15.2. The molecule has 0 aliphatic carbocycles. The van der Waals surface area contributed by atoms with Crippen LogP contribution in [0.3, 0.4) is 0 Å². The third-order valence-electron chi connectivity index (χ3n) is 7.64. The van der Waals surface area contributed by atoms with Crippen molar-refractivity contribution in [1.82, 2.24) is 37.2 Å². The van der Waals surface area contributed by atoms with E-state index in [1.54, 1.807) is 0 Å². The molecule has 0 saturated carbocycles. The largest absolute Gasteiger partial charge is 0.567 e. The fourth-order valence-corrected chi connectivity index (χ4v) is 5.04. The molecule has 23 N–H and O–H groups in total. The number of nitrogens with one attached hydrogen (secondary N) is 7. The molecular formula is C29H63N13O11P+. The van der Waals surface area contributed by atoms with Crippen LogP contribution >= 0.6 is 8.17 Å². The highest BCUT2D eigenvalue weighted by Crippen LogP contribution is 2.45. The van der Waals surface area contributed by atoms with Crippen molar-refractivity contribution in [3.8, 4) is 0 Å². The number of carbonyl (C=O) groups is 6. The number of nitrogens with two attached hydrogens (primary N) is 6. The molecule has 24 nitrogen and oxygen atoms in total. The van der Waals surface area contributed by atoms with Gasteiger partial charge in [-0.2, -0.15) is 19.2 Å². The van der Waals surface area contributed by atoms with Crippen LogP contribution in [-0.2, 0) is 33.3 Å². The van der Waals surface area contributed by atoms with Crippen molar-refractivity contribution in [2.75, 3.05) is 26.2 Å². The van der Waals surface area contributed by atoms with Gasteiger partial charge in [0, 0.05) is 0 Å². The van der Waals surface area contributed by atoms with Crippen LogP contribution in [0, 0.1) is 5.92 Å². The number of unbranched alkanes of at least 4 members (excludes halogenated alkanes) is 1.